The number of hydrogen-bond donors (Lipinski definition) is 1. The Hall–Kier alpha value is -0.0200. The summed E-state index contributed by atoms with van der Waals surface area (Å²) in [5.74, 6) is 0. The largest absolute Gasteiger partial charge is 0.323 e. The lowest BCUT2D eigenvalue weighted by Gasteiger charge is -2.02. The second-order valence-electron chi connectivity index (χ2n) is 2.17. The molecule has 1 rings (SSSR count). The number of rotatable bonds is 1. The van der Waals surface area contributed by atoms with Gasteiger partial charge in [0.15, 0.2) is 0 Å². The van der Waals surface area contributed by atoms with Gasteiger partial charge >= 0.3 is 0 Å². The zero-order valence-corrected chi connectivity index (χ0v) is 8.92. The lowest BCUT2D eigenvalue weighted by atomic mass is 10.2. The molecule has 12 heavy (non-hydrogen) atoms. The summed E-state index contributed by atoms with van der Waals surface area (Å²) in [6.07, 6.45) is 0. The molecular formula is C7H11Cl3N2. The van der Waals surface area contributed by atoms with Crippen LogP contribution in [0.5, 0.6) is 0 Å². The highest BCUT2D eigenvalue weighted by Gasteiger charge is 1.99. The smallest absolute Gasteiger partial charge is 0.129 e. The minimum Gasteiger partial charge on any atom is -0.323 e. The summed E-state index contributed by atoms with van der Waals surface area (Å²) >= 11 is 5.62. The fourth-order valence-corrected chi connectivity index (χ4v) is 0.848. The molecule has 1 aromatic rings. The Balaban J connectivity index is 0. The fourth-order valence-electron chi connectivity index (χ4n) is 0.678. The number of nitrogens with zero attached hydrogens (tertiary/aromatic N) is 1. The molecule has 1 atom stereocenters. The molecule has 0 saturated carbocycles. The minimum absolute atomic E-state index is 0. The standard InChI is InChI=1S/C7H9ClN2.2ClH/c1-5(9)6-3-2-4-7(8)10-6;;/h2-5H,9H2,1H3;2*1H. The van der Waals surface area contributed by atoms with Crippen molar-refractivity contribution in [1.29, 1.82) is 0 Å². The SMILES string of the molecule is CC(N)c1cccc(Cl)n1.Cl.Cl. The second kappa shape index (κ2) is 6.49. The number of aromatic nitrogens is 1. The summed E-state index contributed by atoms with van der Waals surface area (Å²) in [7, 11) is 0. The maximum absolute atomic E-state index is 5.62. The Morgan fingerprint density at radius 1 is 1.42 bits per heavy atom. The molecule has 0 spiro atoms. The third-order valence-electron chi connectivity index (χ3n) is 1.20. The highest BCUT2D eigenvalue weighted by Crippen LogP contribution is 2.09. The van der Waals surface area contributed by atoms with Gasteiger partial charge in [0.2, 0.25) is 0 Å². The summed E-state index contributed by atoms with van der Waals surface area (Å²) in [5.41, 5.74) is 6.39. The summed E-state index contributed by atoms with van der Waals surface area (Å²) in [4.78, 5) is 4.01. The first-order valence-electron chi connectivity index (χ1n) is 3.08. The van der Waals surface area contributed by atoms with E-state index < -0.39 is 0 Å². The van der Waals surface area contributed by atoms with Gasteiger partial charge in [-0.15, -0.1) is 24.8 Å². The van der Waals surface area contributed by atoms with Gasteiger partial charge in [-0.3, -0.25) is 0 Å². The Kier molecular flexibility index (Phi) is 7.84. The molecule has 0 bridgehead atoms. The Morgan fingerprint density at radius 2 is 2.00 bits per heavy atom. The number of halogens is 3. The summed E-state index contributed by atoms with van der Waals surface area (Å²) in [6, 6.07) is 5.39. The van der Waals surface area contributed by atoms with Crippen LogP contribution in [0.1, 0.15) is 18.7 Å². The van der Waals surface area contributed by atoms with Gasteiger partial charge in [0, 0.05) is 6.04 Å². The molecule has 0 aliphatic rings. The van der Waals surface area contributed by atoms with Crippen LogP contribution in [0.15, 0.2) is 18.2 Å². The van der Waals surface area contributed by atoms with Crippen LogP contribution in [-0.2, 0) is 0 Å². The molecular weight excluding hydrogens is 218 g/mol. The van der Waals surface area contributed by atoms with Crippen LogP contribution in [0.25, 0.3) is 0 Å². The summed E-state index contributed by atoms with van der Waals surface area (Å²) < 4.78 is 0. The normalized spacial score (nSPS) is 10.9. The van der Waals surface area contributed by atoms with E-state index in [1.165, 1.54) is 0 Å². The molecule has 2 N–H and O–H groups in total. The van der Waals surface area contributed by atoms with Gasteiger partial charge in [-0.2, -0.15) is 0 Å². The Labute approximate surface area is 89.3 Å². The van der Waals surface area contributed by atoms with Crippen molar-refractivity contribution in [3.8, 4) is 0 Å². The molecule has 0 aliphatic heterocycles. The lowest BCUT2D eigenvalue weighted by Crippen LogP contribution is -2.06. The van der Waals surface area contributed by atoms with Crippen molar-refractivity contribution in [3.63, 3.8) is 0 Å². The predicted octanol–water partition coefficient (Wildman–Crippen LogP) is 2.60. The first kappa shape index (κ1) is 14.5. The third-order valence-corrected chi connectivity index (χ3v) is 1.41. The van der Waals surface area contributed by atoms with E-state index >= 15 is 0 Å². The van der Waals surface area contributed by atoms with Crippen LogP contribution in [0.4, 0.5) is 0 Å². The van der Waals surface area contributed by atoms with Crippen LogP contribution in [0, 0.1) is 0 Å². The van der Waals surface area contributed by atoms with Crippen molar-refractivity contribution >= 4 is 36.4 Å². The number of pyridine rings is 1. The van der Waals surface area contributed by atoms with Crippen LogP contribution >= 0.6 is 36.4 Å². The fraction of sp³-hybridized carbons (Fsp3) is 0.286. The molecule has 0 aliphatic carbocycles. The molecule has 5 heteroatoms. The van der Waals surface area contributed by atoms with Crippen LogP contribution < -0.4 is 5.73 Å². The molecule has 1 unspecified atom stereocenters. The van der Waals surface area contributed by atoms with Gasteiger partial charge in [0.05, 0.1) is 5.69 Å². The third kappa shape index (κ3) is 4.12. The van der Waals surface area contributed by atoms with Crippen molar-refractivity contribution in [2.24, 2.45) is 5.73 Å². The van der Waals surface area contributed by atoms with Gasteiger partial charge in [0.1, 0.15) is 5.15 Å². The highest BCUT2D eigenvalue weighted by molar-refractivity contribution is 6.29. The van der Waals surface area contributed by atoms with Crippen molar-refractivity contribution in [2.75, 3.05) is 0 Å². The van der Waals surface area contributed by atoms with Crippen molar-refractivity contribution in [1.82, 2.24) is 4.98 Å². The first-order chi connectivity index (χ1) is 4.70. The lowest BCUT2D eigenvalue weighted by molar-refractivity contribution is 0.781. The molecule has 2 nitrogen and oxygen atoms in total. The van der Waals surface area contributed by atoms with Gasteiger partial charge in [-0.05, 0) is 19.1 Å². The molecule has 1 aromatic heterocycles. The zero-order chi connectivity index (χ0) is 7.56. The van der Waals surface area contributed by atoms with E-state index in [1.807, 2.05) is 19.1 Å². The Morgan fingerprint density at radius 3 is 2.33 bits per heavy atom. The van der Waals surface area contributed by atoms with Crippen LogP contribution in [0.2, 0.25) is 5.15 Å². The highest BCUT2D eigenvalue weighted by atomic mass is 35.5. The molecule has 70 valence electrons. The molecule has 0 saturated heterocycles. The quantitative estimate of drug-likeness (QED) is 0.752. The van der Waals surface area contributed by atoms with Gasteiger partial charge < -0.3 is 5.73 Å². The molecule has 0 aromatic carbocycles. The molecule has 0 radical (unpaired) electrons. The van der Waals surface area contributed by atoms with E-state index in [0.717, 1.165) is 5.69 Å². The maximum Gasteiger partial charge on any atom is 0.129 e. The van der Waals surface area contributed by atoms with Crippen molar-refractivity contribution in [2.45, 2.75) is 13.0 Å². The van der Waals surface area contributed by atoms with E-state index in [2.05, 4.69) is 4.98 Å². The van der Waals surface area contributed by atoms with Gasteiger partial charge in [-0.25, -0.2) is 4.98 Å². The zero-order valence-electron chi connectivity index (χ0n) is 6.53. The van der Waals surface area contributed by atoms with E-state index in [4.69, 9.17) is 17.3 Å². The molecule has 0 amide bonds. The topological polar surface area (TPSA) is 38.9 Å². The number of hydrogen-bond acceptors (Lipinski definition) is 2. The average Bonchev–Trinajstić information content (AvgIpc) is 1.88. The van der Waals surface area contributed by atoms with Crippen LogP contribution in [-0.4, -0.2) is 4.98 Å². The summed E-state index contributed by atoms with van der Waals surface area (Å²) in [5, 5.41) is 0.495. The van der Waals surface area contributed by atoms with Gasteiger partial charge in [0.25, 0.3) is 0 Å². The minimum atomic E-state index is -0.0429. The Bertz CT molecular complexity index is 228. The van der Waals surface area contributed by atoms with Crippen molar-refractivity contribution in [3.05, 3.63) is 29.0 Å². The second-order valence-corrected chi connectivity index (χ2v) is 2.56. The number of nitrogens with two attached hydrogens (primary N) is 1. The molecule has 0 fully saturated rings. The molecule has 1 heterocycles. The van der Waals surface area contributed by atoms with Crippen LogP contribution in [0.3, 0.4) is 0 Å². The van der Waals surface area contributed by atoms with E-state index in [9.17, 15) is 0 Å². The van der Waals surface area contributed by atoms with E-state index in [1.54, 1.807) is 6.07 Å². The maximum atomic E-state index is 5.62. The van der Waals surface area contributed by atoms with E-state index in [-0.39, 0.29) is 30.9 Å². The predicted molar refractivity (Wildman–Crippen MR) is 56.3 cm³/mol. The van der Waals surface area contributed by atoms with Gasteiger partial charge in [-0.1, -0.05) is 17.7 Å². The first-order valence-corrected chi connectivity index (χ1v) is 3.46. The summed E-state index contributed by atoms with van der Waals surface area (Å²) in [6.45, 7) is 1.87. The van der Waals surface area contributed by atoms with E-state index in [0.29, 0.717) is 5.15 Å². The van der Waals surface area contributed by atoms with Crippen molar-refractivity contribution < 1.29 is 0 Å². The monoisotopic (exact) mass is 228 g/mol. The average molecular weight is 230 g/mol.